The van der Waals surface area contributed by atoms with E-state index >= 15 is 0 Å². The molecule has 3 rings (SSSR count). The third-order valence-electron chi connectivity index (χ3n) is 4.29. The maximum atomic E-state index is 12.5. The molecule has 0 aromatic carbocycles. The summed E-state index contributed by atoms with van der Waals surface area (Å²) in [5.74, 6) is 0.606. The van der Waals surface area contributed by atoms with Crippen molar-refractivity contribution in [2.75, 3.05) is 25.0 Å². The second-order valence-corrected chi connectivity index (χ2v) is 5.96. The Kier molecular flexibility index (Phi) is 3.50. The van der Waals surface area contributed by atoms with E-state index in [2.05, 4.69) is 10.4 Å². The molecule has 6 heteroatoms. The van der Waals surface area contributed by atoms with Crippen molar-refractivity contribution in [2.24, 2.45) is 5.92 Å². The molecule has 1 saturated heterocycles. The Morgan fingerprint density at radius 1 is 1.53 bits per heavy atom. The molecule has 2 fully saturated rings. The minimum Gasteiger partial charge on any atom is -0.363 e. The minimum atomic E-state index is -0.0613. The number of rotatable bonds is 4. The molecule has 104 valence electrons. The molecule has 2 heterocycles. The van der Waals surface area contributed by atoms with Gasteiger partial charge in [-0.25, -0.2) is 4.68 Å². The van der Waals surface area contributed by atoms with Crippen molar-refractivity contribution in [1.29, 1.82) is 0 Å². The molecule has 0 atom stereocenters. The van der Waals surface area contributed by atoms with Crippen LogP contribution in [0.25, 0.3) is 0 Å². The molecule has 1 N–H and O–H groups in total. The third-order valence-corrected chi connectivity index (χ3v) is 4.57. The molecule has 2 aliphatic rings. The molecule has 1 aliphatic carbocycles. The summed E-state index contributed by atoms with van der Waals surface area (Å²) in [6.07, 6.45) is 5.27. The average Bonchev–Trinajstić information content (AvgIpc) is 2.23. The monoisotopic (exact) mass is 282 g/mol. The van der Waals surface area contributed by atoms with Crippen LogP contribution in [0.15, 0.2) is 11.0 Å². The summed E-state index contributed by atoms with van der Waals surface area (Å²) in [6.45, 7) is 2.52. The van der Waals surface area contributed by atoms with Crippen LogP contribution < -0.4 is 15.8 Å². The van der Waals surface area contributed by atoms with Crippen LogP contribution in [0, 0.1) is 5.92 Å². The predicted octanol–water partition coefficient (Wildman–Crippen LogP) is 1.10. The van der Waals surface area contributed by atoms with Crippen LogP contribution in [-0.4, -0.2) is 36.0 Å². The van der Waals surface area contributed by atoms with Crippen LogP contribution in [0.3, 0.4) is 0 Å². The third kappa shape index (κ3) is 2.37. The Labute approximate surface area is 117 Å². The van der Waals surface area contributed by atoms with Crippen LogP contribution in [-0.2, 0) is 6.54 Å². The van der Waals surface area contributed by atoms with Gasteiger partial charge >= 0.3 is 0 Å². The summed E-state index contributed by atoms with van der Waals surface area (Å²) in [5.41, 5.74) is 0.524. The quantitative estimate of drug-likeness (QED) is 0.899. The van der Waals surface area contributed by atoms with Crippen LogP contribution >= 0.6 is 11.6 Å². The topological polar surface area (TPSA) is 50.2 Å². The van der Waals surface area contributed by atoms with E-state index in [-0.39, 0.29) is 5.56 Å². The first kappa shape index (κ1) is 12.9. The number of halogens is 1. The lowest BCUT2D eigenvalue weighted by Crippen LogP contribution is -2.57. The molecular formula is C13H19ClN4O. The number of hydrogen-bond acceptors (Lipinski definition) is 4. The Hall–Kier alpha value is -1.07. The van der Waals surface area contributed by atoms with Gasteiger partial charge in [-0.15, -0.1) is 0 Å². The molecule has 19 heavy (non-hydrogen) atoms. The van der Waals surface area contributed by atoms with Gasteiger partial charge in [-0.3, -0.25) is 4.79 Å². The molecule has 0 radical (unpaired) electrons. The number of nitrogens with one attached hydrogen (secondary N) is 1. The molecule has 1 saturated carbocycles. The number of anilines is 1. The van der Waals surface area contributed by atoms with Crippen molar-refractivity contribution in [2.45, 2.75) is 31.8 Å². The van der Waals surface area contributed by atoms with Gasteiger partial charge in [-0.05, 0) is 18.8 Å². The molecule has 0 spiro atoms. The zero-order chi connectivity index (χ0) is 13.4. The highest BCUT2D eigenvalue weighted by Crippen LogP contribution is 2.28. The molecule has 0 bridgehead atoms. The van der Waals surface area contributed by atoms with Crippen molar-refractivity contribution >= 4 is 17.3 Å². The first-order valence-electron chi connectivity index (χ1n) is 6.86. The highest BCUT2D eigenvalue weighted by molar-refractivity contribution is 6.33. The smallest absolute Gasteiger partial charge is 0.291 e. The van der Waals surface area contributed by atoms with Gasteiger partial charge in [0.25, 0.3) is 5.56 Å². The SMILES string of the molecule is CN(c1c(Cl)cnn(CC2CCC2)c1=O)C1CNC1. The van der Waals surface area contributed by atoms with Crippen molar-refractivity contribution in [1.82, 2.24) is 15.1 Å². The first-order valence-corrected chi connectivity index (χ1v) is 7.24. The molecular weight excluding hydrogens is 264 g/mol. The molecule has 0 unspecified atom stereocenters. The van der Waals surface area contributed by atoms with E-state index in [9.17, 15) is 4.79 Å². The highest BCUT2D eigenvalue weighted by atomic mass is 35.5. The van der Waals surface area contributed by atoms with E-state index in [0.29, 0.717) is 22.7 Å². The summed E-state index contributed by atoms with van der Waals surface area (Å²) in [7, 11) is 1.93. The summed E-state index contributed by atoms with van der Waals surface area (Å²) in [5, 5.41) is 7.83. The van der Waals surface area contributed by atoms with Crippen molar-refractivity contribution in [3.05, 3.63) is 21.6 Å². The zero-order valence-corrected chi connectivity index (χ0v) is 11.9. The van der Waals surface area contributed by atoms with Gasteiger partial charge < -0.3 is 10.2 Å². The minimum absolute atomic E-state index is 0.0613. The van der Waals surface area contributed by atoms with E-state index in [1.807, 2.05) is 11.9 Å². The second-order valence-electron chi connectivity index (χ2n) is 5.55. The van der Waals surface area contributed by atoms with E-state index < -0.39 is 0 Å². The fourth-order valence-electron chi connectivity index (χ4n) is 2.56. The van der Waals surface area contributed by atoms with Gasteiger partial charge in [0.2, 0.25) is 0 Å². The molecule has 5 nitrogen and oxygen atoms in total. The summed E-state index contributed by atoms with van der Waals surface area (Å²) in [4.78, 5) is 14.5. The van der Waals surface area contributed by atoms with Gasteiger partial charge in [0.15, 0.2) is 0 Å². The van der Waals surface area contributed by atoms with Crippen LogP contribution in [0.5, 0.6) is 0 Å². The zero-order valence-electron chi connectivity index (χ0n) is 11.1. The fourth-order valence-corrected chi connectivity index (χ4v) is 2.82. The highest BCUT2D eigenvalue weighted by Gasteiger charge is 2.27. The van der Waals surface area contributed by atoms with E-state index in [1.165, 1.54) is 19.3 Å². The second kappa shape index (κ2) is 5.13. The Bertz CT molecular complexity index is 522. The fraction of sp³-hybridized carbons (Fsp3) is 0.692. The first-order chi connectivity index (χ1) is 9.16. The number of aromatic nitrogens is 2. The van der Waals surface area contributed by atoms with Crippen molar-refractivity contribution in [3.8, 4) is 0 Å². The van der Waals surface area contributed by atoms with E-state index in [1.54, 1.807) is 10.9 Å². The van der Waals surface area contributed by atoms with Gasteiger partial charge in [0, 0.05) is 26.7 Å². The Morgan fingerprint density at radius 2 is 2.26 bits per heavy atom. The van der Waals surface area contributed by atoms with Crippen LogP contribution in [0.1, 0.15) is 19.3 Å². The lowest BCUT2D eigenvalue weighted by atomic mass is 9.85. The summed E-state index contributed by atoms with van der Waals surface area (Å²) < 4.78 is 1.58. The van der Waals surface area contributed by atoms with Crippen LogP contribution in [0.2, 0.25) is 5.02 Å². The Morgan fingerprint density at radius 3 is 2.79 bits per heavy atom. The maximum Gasteiger partial charge on any atom is 0.291 e. The lowest BCUT2D eigenvalue weighted by molar-refractivity contribution is 0.261. The molecule has 0 amide bonds. The predicted molar refractivity (Wildman–Crippen MR) is 75.9 cm³/mol. The van der Waals surface area contributed by atoms with Gasteiger partial charge in [-0.1, -0.05) is 18.0 Å². The largest absolute Gasteiger partial charge is 0.363 e. The summed E-state index contributed by atoms with van der Waals surface area (Å²) in [6, 6.07) is 0.352. The number of likely N-dealkylation sites (N-methyl/N-ethyl adjacent to an activating group) is 1. The van der Waals surface area contributed by atoms with E-state index in [4.69, 9.17) is 11.6 Å². The van der Waals surface area contributed by atoms with Crippen molar-refractivity contribution < 1.29 is 0 Å². The van der Waals surface area contributed by atoms with Gasteiger partial charge in [0.05, 0.1) is 17.3 Å². The number of hydrogen-bond donors (Lipinski definition) is 1. The van der Waals surface area contributed by atoms with Gasteiger partial charge in [-0.2, -0.15) is 5.10 Å². The standard InChI is InChI=1S/C13H19ClN4O/c1-17(10-5-15-6-10)12-11(14)7-16-18(13(12)19)8-9-3-2-4-9/h7,9-10,15H,2-6,8H2,1H3. The van der Waals surface area contributed by atoms with Crippen LogP contribution in [0.4, 0.5) is 5.69 Å². The summed E-state index contributed by atoms with van der Waals surface area (Å²) >= 11 is 6.17. The normalized spacial score (nSPS) is 19.9. The van der Waals surface area contributed by atoms with Crippen molar-refractivity contribution in [3.63, 3.8) is 0 Å². The van der Waals surface area contributed by atoms with Gasteiger partial charge in [0.1, 0.15) is 5.69 Å². The molecule has 1 aromatic heterocycles. The number of nitrogens with zero attached hydrogens (tertiary/aromatic N) is 3. The molecule has 1 aliphatic heterocycles. The lowest BCUT2D eigenvalue weighted by Gasteiger charge is -2.37. The molecule has 1 aromatic rings. The maximum absolute atomic E-state index is 12.5. The van der Waals surface area contributed by atoms with E-state index in [0.717, 1.165) is 19.6 Å². The Balaban J connectivity index is 1.88. The average molecular weight is 283 g/mol.